The Bertz CT molecular complexity index is 269. The van der Waals surface area contributed by atoms with E-state index in [1.54, 1.807) is 0 Å². The van der Waals surface area contributed by atoms with E-state index >= 15 is 0 Å². The predicted molar refractivity (Wildman–Crippen MR) is 64.6 cm³/mol. The van der Waals surface area contributed by atoms with E-state index in [-0.39, 0.29) is 24.7 Å². The first-order chi connectivity index (χ1) is 8.24. The van der Waals surface area contributed by atoms with Crippen molar-refractivity contribution < 1.29 is 14.6 Å². The van der Waals surface area contributed by atoms with E-state index < -0.39 is 0 Å². The third kappa shape index (κ3) is 2.80. The molecule has 0 spiro atoms. The minimum absolute atomic E-state index is 0.00130. The van der Waals surface area contributed by atoms with Crippen LogP contribution in [0.1, 0.15) is 39.0 Å². The number of amides is 1. The van der Waals surface area contributed by atoms with Gasteiger partial charge in [-0.15, -0.1) is 0 Å². The molecule has 2 aliphatic heterocycles. The Morgan fingerprint density at radius 3 is 2.82 bits per heavy atom. The summed E-state index contributed by atoms with van der Waals surface area (Å²) in [6, 6.07) is 0.00130. The number of aliphatic hydroxyl groups is 1. The molecule has 0 aromatic rings. The first-order valence-electron chi connectivity index (χ1n) is 6.77. The van der Waals surface area contributed by atoms with Crippen molar-refractivity contribution in [3.8, 4) is 0 Å². The van der Waals surface area contributed by atoms with Crippen LogP contribution in [0, 0.1) is 5.92 Å². The maximum Gasteiger partial charge on any atom is 0.252 e. The van der Waals surface area contributed by atoms with E-state index in [1.165, 1.54) is 0 Å². The summed E-state index contributed by atoms with van der Waals surface area (Å²) in [7, 11) is 0. The average Bonchev–Trinajstić information content (AvgIpc) is 2.64. The number of nitrogens with zero attached hydrogens (tertiary/aromatic N) is 1. The van der Waals surface area contributed by atoms with Gasteiger partial charge in [0.15, 0.2) is 0 Å². The minimum atomic E-state index is -0.276. The van der Waals surface area contributed by atoms with Crippen molar-refractivity contribution in [3.63, 3.8) is 0 Å². The maximum atomic E-state index is 12.4. The molecule has 3 atom stereocenters. The van der Waals surface area contributed by atoms with Gasteiger partial charge in [-0.25, -0.2) is 0 Å². The van der Waals surface area contributed by atoms with E-state index in [1.807, 2.05) is 4.90 Å². The lowest BCUT2D eigenvalue weighted by molar-refractivity contribution is -0.145. The van der Waals surface area contributed by atoms with Crippen molar-refractivity contribution in [1.82, 2.24) is 4.90 Å². The SMILES string of the molecule is CC1CCOC1C(=O)N1CCCCCC1CO. The largest absolute Gasteiger partial charge is 0.394 e. The Morgan fingerprint density at radius 1 is 1.35 bits per heavy atom. The Labute approximate surface area is 103 Å². The number of carbonyl (C=O) groups is 1. The van der Waals surface area contributed by atoms with E-state index in [4.69, 9.17) is 4.74 Å². The number of ether oxygens (including phenoxy) is 1. The highest BCUT2D eigenvalue weighted by atomic mass is 16.5. The average molecular weight is 241 g/mol. The quantitative estimate of drug-likeness (QED) is 0.789. The Kier molecular flexibility index (Phi) is 4.40. The Balaban J connectivity index is 2.04. The van der Waals surface area contributed by atoms with Crippen molar-refractivity contribution in [3.05, 3.63) is 0 Å². The predicted octanol–water partition coefficient (Wildman–Crippen LogP) is 1.17. The van der Waals surface area contributed by atoms with Crippen LogP contribution in [0.25, 0.3) is 0 Å². The van der Waals surface area contributed by atoms with Gasteiger partial charge in [0.25, 0.3) is 5.91 Å². The van der Waals surface area contributed by atoms with Gasteiger partial charge in [-0.1, -0.05) is 19.8 Å². The molecule has 3 unspecified atom stereocenters. The highest BCUT2D eigenvalue weighted by molar-refractivity contribution is 5.81. The summed E-state index contributed by atoms with van der Waals surface area (Å²) in [5, 5.41) is 9.41. The normalized spacial score (nSPS) is 34.7. The fourth-order valence-electron chi connectivity index (χ4n) is 2.83. The lowest BCUT2D eigenvalue weighted by Gasteiger charge is -2.31. The molecule has 2 fully saturated rings. The molecule has 17 heavy (non-hydrogen) atoms. The summed E-state index contributed by atoms with van der Waals surface area (Å²) < 4.78 is 5.54. The number of rotatable bonds is 2. The zero-order chi connectivity index (χ0) is 12.3. The van der Waals surface area contributed by atoms with Crippen molar-refractivity contribution in [1.29, 1.82) is 0 Å². The van der Waals surface area contributed by atoms with Gasteiger partial charge in [0.1, 0.15) is 6.10 Å². The maximum absolute atomic E-state index is 12.4. The summed E-state index contributed by atoms with van der Waals surface area (Å²) in [6.45, 7) is 3.61. The number of likely N-dealkylation sites (tertiary alicyclic amines) is 1. The van der Waals surface area contributed by atoms with E-state index in [0.717, 1.165) is 38.6 Å². The molecule has 0 radical (unpaired) electrons. The van der Waals surface area contributed by atoms with Crippen LogP contribution in [0.4, 0.5) is 0 Å². The number of aliphatic hydroxyl groups excluding tert-OH is 1. The topological polar surface area (TPSA) is 49.8 Å². The van der Waals surface area contributed by atoms with Crippen LogP contribution in [0.3, 0.4) is 0 Å². The van der Waals surface area contributed by atoms with Crippen LogP contribution < -0.4 is 0 Å². The highest BCUT2D eigenvalue weighted by Crippen LogP contribution is 2.25. The number of hydrogen-bond donors (Lipinski definition) is 1. The standard InChI is InChI=1S/C13H23NO3/c1-10-6-8-17-12(10)13(16)14-7-4-2-3-5-11(14)9-15/h10-12,15H,2-9H2,1H3. The Morgan fingerprint density at radius 2 is 2.18 bits per heavy atom. The molecule has 98 valence electrons. The van der Waals surface area contributed by atoms with E-state index in [9.17, 15) is 9.90 Å². The van der Waals surface area contributed by atoms with Gasteiger partial charge in [0, 0.05) is 13.2 Å². The van der Waals surface area contributed by atoms with Gasteiger partial charge in [0.2, 0.25) is 0 Å². The lowest BCUT2D eigenvalue weighted by Crippen LogP contribution is -2.48. The molecule has 2 saturated heterocycles. The minimum Gasteiger partial charge on any atom is -0.394 e. The van der Waals surface area contributed by atoms with Crippen LogP contribution in [0.15, 0.2) is 0 Å². The van der Waals surface area contributed by atoms with Crippen molar-refractivity contribution in [2.75, 3.05) is 19.8 Å². The molecule has 0 saturated carbocycles. The monoisotopic (exact) mass is 241 g/mol. The molecular formula is C13H23NO3. The molecule has 0 aliphatic carbocycles. The fraction of sp³-hybridized carbons (Fsp3) is 0.923. The third-order valence-electron chi connectivity index (χ3n) is 4.00. The molecule has 1 N–H and O–H groups in total. The van der Waals surface area contributed by atoms with E-state index in [2.05, 4.69) is 6.92 Å². The van der Waals surface area contributed by atoms with Crippen molar-refractivity contribution in [2.45, 2.75) is 51.2 Å². The van der Waals surface area contributed by atoms with E-state index in [0.29, 0.717) is 12.5 Å². The van der Waals surface area contributed by atoms with Gasteiger partial charge in [0.05, 0.1) is 12.6 Å². The Hall–Kier alpha value is -0.610. The van der Waals surface area contributed by atoms with Gasteiger partial charge in [-0.3, -0.25) is 4.79 Å². The smallest absolute Gasteiger partial charge is 0.252 e. The third-order valence-corrected chi connectivity index (χ3v) is 4.00. The van der Waals surface area contributed by atoms with Crippen LogP contribution >= 0.6 is 0 Å². The van der Waals surface area contributed by atoms with Gasteiger partial charge in [-0.2, -0.15) is 0 Å². The first-order valence-corrected chi connectivity index (χ1v) is 6.77. The van der Waals surface area contributed by atoms with Gasteiger partial charge in [-0.05, 0) is 25.2 Å². The van der Waals surface area contributed by atoms with Crippen LogP contribution in [-0.2, 0) is 9.53 Å². The summed E-state index contributed by atoms with van der Waals surface area (Å²) in [6.07, 6.45) is 4.92. The first kappa shape index (κ1) is 12.8. The summed E-state index contributed by atoms with van der Waals surface area (Å²) in [5.41, 5.74) is 0. The van der Waals surface area contributed by atoms with Crippen LogP contribution in [-0.4, -0.2) is 47.8 Å². The zero-order valence-electron chi connectivity index (χ0n) is 10.6. The summed E-state index contributed by atoms with van der Waals surface area (Å²) >= 11 is 0. The molecule has 4 heteroatoms. The second kappa shape index (κ2) is 5.83. The zero-order valence-corrected chi connectivity index (χ0v) is 10.6. The molecule has 4 nitrogen and oxygen atoms in total. The second-order valence-corrected chi connectivity index (χ2v) is 5.27. The van der Waals surface area contributed by atoms with Crippen molar-refractivity contribution in [2.24, 2.45) is 5.92 Å². The molecule has 2 heterocycles. The number of hydrogen-bond acceptors (Lipinski definition) is 3. The number of carbonyl (C=O) groups excluding carboxylic acids is 1. The van der Waals surface area contributed by atoms with Crippen molar-refractivity contribution >= 4 is 5.91 Å². The summed E-state index contributed by atoms with van der Waals surface area (Å²) in [4.78, 5) is 14.3. The van der Waals surface area contributed by atoms with Gasteiger partial charge >= 0.3 is 0 Å². The molecule has 0 bridgehead atoms. The van der Waals surface area contributed by atoms with Gasteiger partial charge < -0.3 is 14.7 Å². The molecule has 2 rings (SSSR count). The molecule has 0 aromatic carbocycles. The van der Waals surface area contributed by atoms with Crippen LogP contribution in [0.2, 0.25) is 0 Å². The molecule has 2 aliphatic rings. The lowest BCUT2D eigenvalue weighted by atomic mass is 10.0. The fourth-order valence-corrected chi connectivity index (χ4v) is 2.83. The second-order valence-electron chi connectivity index (χ2n) is 5.27. The molecule has 1 amide bonds. The molecule has 0 aromatic heterocycles. The highest BCUT2D eigenvalue weighted by Gasteiger charge is 2.36. The van der Waals surface area contributed by atoms with Crippen LogP contribution in [0.5, 0.6) is 0 Å². The molecular weight excluding hydrogens is 218 g/mol. The summed E-state index contributed by atoms with van der Waals surface area (Å²) in [5.74, 6) is 0.404.